The molecule has 3 nitrogen and oxygen atoms in total. The predicted molar refractivity (Wildman–Crippen MR) is 63.2 cm³/mol. The van der Waals surface area contributed by atoms with E-state index >= 15 is 0 Å². The van der Waals surface area contributed by atoms with Gasteiger partial charge in [-0.25, -0.2) is 4.98 Å². The Bertz CT molecular complexity index is 425. The van der Waals surface area contributed by atoms with Gasteiger partial charge in [-0.3, -0.25) is 0 Å². The summed E-state index contributed by atoms with van der Waals surface area (Å²) in [6, 6.07) is 5.97. The standard InChI is InChI=1S/C12H13ClN2O/c1-9(11-4-5-16-8-11)14-6-10-2-3-12(13)15-7-10/h2-5,7-9,14H,6H2,1H3. The smallest absolute Gasteiger partial charge is 0.129 e. The highest BCUT2D eigenvalue weighted by Crippen LogP contribution is 2.13. The third kappa shape index (κ3) is 2.84. The summed E-state index contributed by atoms with van der Waals surface area (Å²) >= 11 is 5.71. The molecule has 0 aromatic carbocycles. The van der Waals surface area contributed by atoms with Gasteiger partial charge in [-0.1, -0.05) is 17.7 Å². The monoisotopic (exact) mass is 236 g/mol. The largest absolute Gasteiger partial charge is 0.472 e. The van der Waals surface area contributed by atoms with Gasteiger partial charge in [-0.2, -0.15) is 0 Å². The lowest BCUT2D eigenvalue weighted by Gasteiger charge is -2.11. The molecule has 0 bridgehead atoms. The number of hydrogen-bond donors (Lipinski definition) is 1. The number of rotatable bonds is 4. The fourth-order valence-corrected chi connectivity index (χ4v) is 1.53. The minimum atomic E-state index is 0.259. The highest BCUT2D eigenvalue weighted by atomic mass is 35.5. The maximum Gasteiger partial charge on any atom is 0.129 e. The molecule has 0 aliphatic heterocycles. The molecule has 1 unspecified atom stereocenters. The molecule has 2 heterocycles. The Morgan fingerprint density at radius 2 is 2.31 bits per heavy atom. The molecule has 2 aromatic rings. The van der Waals surface area contributed by atoms with Crippen LogP contribution in [0, 0.1) is 0 Å². The second-order valence-electron chi connectivity index (χ2n) is 3.65. The Kier molecular flexibility index (Phi) is 3.59. The van der Waals surface area contributed by atoms with Gasteiger partial charge < -0.3 is 9.73 Å². The van der Waals surface area contributed by atoms with E-state index in [1.165, 1.54) is 0 Å². The second-order valence-corrected chi connectivity index (χ2v) is 4.04. The molecule has 0 amide bonds. The fraction of sp³-hybridized carbons (Fsp3) is 0.250. The van der Waals surface area contributed by atoms with Crippen molar-refractivity contribution in [3.8, 4) is 0 Å². The van der Waals surface area contributed by atoms with Crippen molar-refractivity contribution in [2.75, 3.05) is 0 Å². The third-order valence-corrected chi connectivity index (χ3v) is 2.67. The molecule has 0 aliphatic carbocycles. The zero-order valence-electron chi connectivity index (χ0n) is 8.98. The van der Waals surface area contributed by atoms with Crippen LogP contribution in [0.25, 0.3) is 0 Å². The first kappa shape index (κ1) is 11.2. The van der Waals surface area contributed by atoms with Crippen LogP contribution >= 0.6 is 11.6 Å². The number of nitrogens with zero attached hydrogens (tertiary/aromatic N) is 1. The highest BCUT2D eigenvalue weighted by molar-refractivity contribution is 6.29. The molecule has 1 atom stereocenters. The predicted octanol–water partition coefficient (Wildman–Crippen LogP) is 3.18. The molecule has 1 N–H and O–H groups in total. The molecule has 2 aromatic heterocycles. The minimum Gasteiger partial charge on any atom is -0.472 e. The summed E-state index contributed by atoms with van der Waals surface area (Å²) in [5.74, 6) is 0. The fourth-order valence-electron chi connectivity index (χ4n) is 1.42. The summed E-state index contributed by atoms with van der Waals surface area (Å²) in [7, 11) is 0. The van der Waals surface area contributed by atoms with Gasteiger partial charge in [0.25, 0.3) is 0 Å². The summed E-state index contributed by atoms with van der Waals surface area (Å²) < 4.78 is 5.03. The first-order valence-electron chi connectivity index (χ1n) is 5.11. The van der Waals surface area contributed by atoms with Gasteiger partial charge in [-0.05, 0) is 24.6 Å². The Morgan fingerprint density at radius 1 is 1.44 bits per heavy atom. The van der Waals surface area contributed by atoms with E-state index in [0.717, 1.165) is 17.7 Å². The molecule has 0 fully saturated rings. The Hall–Kier alpha value is -1.32. The minimum absolute atomic E-state index is 0.259. The molecule has 84 valence electrons. The zero-order chi connectivity index (χ0) is 11.4. The van der Waals surface area contributed by atoms with E-state index in [1.54, 1.807) is 24.8 Å². The summed E-state index contributed by atoms with van der Waals surface area (Å²) in [6.07, 6.45) is 5.20. The molecular weight excluding hydrogens is 224 g/mol. The topological polar surface area (TPSA) is 38.1 Å². The Labute approximate surface area is 99.5 Å². The van der Waals surface area contributed by atoms with Gasteiger partial charge in [-0.15, -0.1) is 0 Å². The number of aromatic nitrogens is 1. The van der Waals surface area contributed by atoms with Crippen molar-refractivity contribution in [3.63, 3.8) is 0 Å². The van der Waals surface area contributed by atoms with Crippen molar-refractivity contribution >= 4 is 11.6 Å². The maximum atomic E-state index is 5.71. The number of halogens is 1. The lowest BCUT2D eigenvalue weighted by Crippen LogP contribution is -2.17. The van der Waals surface area contributed by atoms with E-state index in [4.69, 9.17) is 16.0 Å². The number of furan rings is 1. The number of nitrogens with one attached hydrogen (secondary N) is 1. The molecule has 16 heavy (non-hydrogen) atoms. The van der Waals surface area contributed by atoms with Crippen LogP contribution < -0.4 is 5.32 Å². The molecule has 0 aliphatic rings. The van der Waals surface area contributed by atoms with Gasteiger partial charge in [0.15, 0.2) is 0 Å². The summed E-state index contributed by atoms with van der Waals surface area (Å²) in [6.45, 7) is 2.85. The number of hydrogen-bond acceptors (Lipinski definition) is 3. The van der Waals surface area contributed by atoms with Crippen LogP contribution in [0.4, 0.5) is 0 Å². The Balaban J connectivity index is 1.90. The van der Waals surface area contributed by atoms with Crippen molar-refractivity contribution in [2.45, 2.75) is 19.5 Å². The van der Waals surface area contributed by atoms with Crippen LogP contribution in [0.2, 0.25) is 5.15 Å². The normalized spacial score (nSPS) is 12.6. The van der Waals surface area contributed by atoms with E-state index in [9.17, 15) is 0 Å². The average molecular weight is 237 g/mol. The van der Waals surface area contributed by atoms with Gasteiger partial charge >= 0.3 is 0 Å². The summed E-state index contributed by atoms with van der Waals surface area (Å²) in [4.78, 5) is 4.03. The van der Waals surface area contributed by atoms with Crippen molar-refractivity contribution in [2.24, 2.45) is 0 Å². The summed E-state index contributed by atoms with van der Waals surface area (Å²) in [5.41, 5.74) is 2.25. The highest BCUT2D eigenvalue weighted by Gasteiger charge is 2.05. The first-order valence-corrected chi connectivity index (χ1v) is 5.49. The molecule has 0 spiro atoms. The van der Waals surface area contributed by atoms with Crippen molar-refractivity contribution < 1.29 is 4.42 Å². The molecule has 4 heteroatoms. The van der Waals surface area contributed by atoms with Crippen LogP contribution in [0.15, 0.2) is 41.3 Å². The van der Waals surface area contributed by atoms with Crippen LogP contribution in [-0.4, -0.2) is 4.98 Å². The molecular formula is C12H13ClN2O. The van der Waals surface area contributed by atoms with Crippen LogP contribution in [0.5, 0.6) is 0 Å². The lowest BCUT2D eigenvalue weighted by atomic mass is 10.1. The number of pyridine rings is 1. The first-order chi connectivity index (χ1) is 7.75. The van der Waals surface area contributed by atoms with Gasteiger partial charge in [0.1, 0.15) is 5.15 Å². The van der Waals surface area contributed by atoms with E-state index in [0.29, 0.717) is 5.15 Å². The maximum absolute atomic E-state index is 5.71. The van der Waals surface area contributed by atoms with Gasteiger partial charge in [0.2, 0.25) is 0 Å². The van der Waals surface area contributed by atoms with Crippen LogP contribution in [-0.2, 0) is 6.54 Å². The van der Waals surface area contributed by atoms with E-state index in [1.807, 2.05) is 12.1 Å². The quantitative estimate of drug-likeness (QED) is 0.829. The van der Waals surface area contributed by atoms with Crippen LogP contribution in [0.1, 0.15) is 24.1 Å². The van der Waals surface area contributed by atoms with E-state index in [-0.39, 0.29) is 6.04 Å². The van der Waals surface area contributed by atoms with Crippen molar-refractivity contribution in [1.29, 1.82) is 0 Å². The summed E-state index contributed by atoms with van der Waals surface area (Å²) in [5, 5.41) is 3.90. The Morgan fingerprint density at radius 3 is 2.94 bits per heavy atom. The third-order valence-electron chi connectivity index (χ3n) is 2.44. The van der Waals surface area contributed by atoms with E-state index < -0.39 is 0 Å². The van der Waals surface area contributed by atoms with Crippen LogP contribution in [0.3, 0.4) is 0 Å². The molecule has 0 saturated carbocycles. The molecule has 2 rings (SSSR count). The second kappa shape index (κ2) is 5.14. The average Bonchev–Trinajstić information content (AvgIpc) is 2.81. The van der Waals surface area contributed by atoms with Crippen molar-refractivity contribution in [1.82, 2.24) is 10.3 Å². The lowest BCUT2D eigenvalue weighted by molar-refractivity contribution is 0.538. The van der Waals surface area contributed by atoms with Crippen molar-refractivity contribution in [3.05, 3.63) is 53.2 Å². The van der Waals surface area contributed by atoms with Gasteiger partial charge in [0, 0.05) is 24.3 Å². The molecule has 0 radical (unpaired) electrons. The van der Waals surface area contributed by atoms with Gasteiger partial charge in [0.05, 0.1) is 12.5 Å². The van der Waals surface area contributed by atoms with E-state index in [2.05, 4.69) is 17.2 Å². The SMILES string of the molecule is CC(NCc1ccc(Cl)nc1)c1ccoc1. The zero-order valence-corrected chi connectivity index (χ0v) is 9.74. The molecule has 0 saturated heterocycles.